The maximum absolute atomic E-state index is 12.8. The summed E-state index contributed by atoms with van der Waals surface area (Å²) >= 11 is 0. The molecule has 22 heavy (non-hydrogen) atoms. The lowest BCUT2D eigenvalue weighted by atomic mass is 9.79. The van der Waals surface area contributed by atoms with Gasteiger partial charge in [0.25, 0.3) is 0 Å². The lowest BCUT2D eigenvalue weighted by molar-refractivity contribution is 0.0946. The Kier molecular flexibility index (Phi) is 4.02. The van der Waals surface area contributed by atoms with Crippen LogP contribution in [-0.2, 0) is 6.42 Å². The van der Waals surface area contributed by atoms with Crippen LogP contribution in [0, 0.1) is 0 Å². The molecule has 0 aliphatic heterocycles. The van der Waals surface area contributed by atoms with Crippen molar-refractivity contribution in [1.82, 2.24) is 0 Å². The zero-order valence-corrected chi connectivity index (χ0v) is 13.4. The highest BCUT2D eigenvalue weighted by molar-refractivity contribution is 6.03. The minimum Gasteiger partial charge on any atom is -0.497 e. The quantitative estimate of drug-likeness (QED) is 0.818. The smallest absolute Gasteiger partial charge is 0.170 e. The van der Waals surface area contributed by atoms with Crippen molar-refractivity contribution < 1.29 is 9.53 Å². The molecular formula is C20H22O2. The van der Waals surface area contributed by atoms with E-state index >= 15 is 0 Å². The molecule has 0 bridgehead atoms. The zero-order chi connectivity index (χ0) is 15.7. The number of carbonyl (C=O) groups is 1. The summed E-state index contributed by atoms with van der Waals surface area (Å²) in [6.45, 7) is 4.37. The standard InChI is InChI=1S/C20H22O2/c1-13(2)14-4-6-15(7-5-14)18-10-8-16-12-17(22-3)9-11-19(16)20(18)21/h4-7,9,11-13,18H,8,10H2,1-3H3. The minimum atomic E-state index is -0.0119. The maximum Gasteiger partial charge on any atom is 0.170 e. The fourth-order valence-electron chi connectivity index (χ4n) is 3.19. The van der Waals surface area contributed by atoms with Crippen molar-refractivity contribution in [2.75, 3.05) is 7.11 Å². The van der Waals surface area contributed by atoms with Gasteiger partial charge in [-0.25, -0.2) is 0 Å². The van der Waals surface area contributed by atoms with E-state index in [1.807, 2.05) is 18.2 Å². The fraction of sp³-hybridized carbons (Fsp3) is 0.350. The van der Waals surface area contributed by atoms with E-state index in [1.165, 1.54) is 5.56 Å². The summed E-state index contributed by atoms with van der Waals surface area (Å²) < 4.78 is 5.25. The molecule has 0 fully saturated rings. The van der Waals surface area contributed by atoms with E-state index in [-0.39, 0.29) is 11.7 Å². The van der Waals surface area contributed by atoms with Crippen LogP contribution in [0.3, 0.4) is 0 Å². The van der Waals surface area contributed by atoms with Gasteiger partial charge in [-0.1, -0.05) is 38.1 Å². The lowest BCUT2D eigenvalue weighted by Crippen LogP contribution is -2.21. The van der Waals surface area contributed by atoms with Crippen molar-refractivity contribution in [3.63, 3.8) is 0 Å². The molecule has 0 spiro atoms. The van der Waals surface area contributed by atoms with Crippen molar-refractivity contribution in [1.29, 1.82) is 0 Å². The van der Waals surface area contributed by atoms with Gasteiger partial charge in [-0.2, -0.15) is 0 Å². The molecule has 0 heterocycles. The summed E-state index contributed by atoms with van der Waals surface area (Å²) in [5, 5.41) is 0. The van der Waals surface area contributed by atoms with Gasteiger partial charge in [0.15, 0.2) is 5.78 Å². The first kappa shape index (κ1) is 14.8. The number of hydrogen-bond donors (Lipinski definition) is 0. The second-order valence-electron chi connectivity index (χ2n) is 6.30. The molecule has 114 valence electrons. The van der Waals surface area contributed by atoms with Crippen LogP contribution < -0.4 is 4.74 Å². The summed E-state index contributed by atoms with van der Waals surface area (Å²) in [5.74, 6) is 1.57. The van der Waals surface area contributed by atoms with Gasteiger partial charge in [0.2, 0.25) is 0 Å². The van der Waals surface area contributed by atoms with Gasteiger partial charge in [0.05, 0.1) is 7.11 Å². The van der Waals surface area contributed by atoms with Crippen LogP contribution in [0.2, 0.25) is 0 Å². The van der Waals surface area contributed by atoms with Crippen molar-refractivity contribution in [3.05, 3.63) is 64.7 Å². The summed E-state index contributed by atoms with van der Waals surface area (Å²) in [5.41, 5.74) is 4.41. The number of ketones is 1. The zero-order valence-electron chi connectivity index (χ0n) is 13.4. The molecule has 1 aliphatic carbocycles. The van der Waals surface area contributed by atoms with Crippen LogP contribution in [-0.4, -0.2) is 12.9 Å². The molecule has 2 aromatic rings. The highest BCUT2D eigenvalue weighted by Crippen LogP contribution is 2.34. The van der Waals surface area contributed by atoms with Gasteiger partial charge < -0.3 is 4.74 Å². The van der Waals surface area contributed by atoms with Gasteiger partial charge in [0, 0.05) is 11.5 Å². The highest BCUT2D eigenvalue weighted by Gasteiger charge is 2.28. The Labute approximate surface area is 132 Å². The summed E-state index contributed by atoms with van der Waals surface area (Å²) in [6, 6.07) is 14.3. The molecule has 1 atom stereocenters. The third kappa shape index (κ3) is 2.66. The van der Waals surface area contributed by atoms with Gasteiger partial charge >= 0.3 is 0 Å². The number of hydrogen-bond acceptors (Lipinski definition) is 2. The first-order chi connectivity index (χ1) is 10.6. The van der Waals surface area contributed by atoms with Crippen molar-refractivity contribution >= 4 is 5.78 Å². The van der Waals surface area contributed by atoms with E-state index < -0.39 is 0 Å². The third-order valence-corrected chi connectivity index (χ3v) is 4.60. The van der Waals surface area contributed by atoms with Crippen molar-refractivity contribution in [2.24, 2.45) is 0 Å². The van der Waals surface area contributed by atoms with E-state index in [0.29, 0.717) is 5.92 Å². The van der Waals surface area contributed by atoms with E-state index in [0.717, 1.165) is 35.3 Å². The molecule has 0 saturated heterocycles. The monoisotopic (exact) mass is 294 g/mol. The summed E-state index contributed by atoms with van der Waals surface area (Å²) in [7, 11) is 1.66. The number of fused-ring (bicyclic) bond motifs is 1. The average molecular weight is 294 g/mol. The van der Waals surface area contributed by atoms with Crippen LogP contribution in [0.1, 0.15) is 59.2 Å². The topological polar surface area (TPSA) is 26.3 Å². The fourth-order valence-corrected chi connectivity index (χ4v) is 3.19. The summed E-state index contributed by atoms with van der Waals surface area (Å²) in [4.78, 5) is 12.8. The van der Waals surface area contributed by atoms with Crippen LogP contribution in [0.25, 0.3) is 0 Å². The molecule has 0 saturated carbocycles. The molecule has 1 unspecified atom stereocenters. The molecule has 2 nitrogen and oxygen atoms in total. The van der Waals surface area contributed by atoms with Crippen LogP contribution >= 0.6 is 0 Å². The Morgan fingerprint density at radius 3 is 2.45 bits per heavy atom. The van der Waals surface area contributed by atoms with Crippen molar-refractivity contribution in [3.8, 4) is 5.75 Å². The van der Waals surface area contributed by atoms with E-state index in [2.05, 4.69) is 38.1 Å². The normalized spacial score (nSPS) is 17.5. The Hall–Kier alpha value is -2.09. The molecular weight excluding hydrogens is 272 g/mol. The van der Waals surface area contributed by atoms with E-state index in [9.17, 15) is 4.79 Å². The number of rotatable bonds is 3. The Balaban J connectivity index is 1.89. The number of ether oxygens (including phenoxy) is 1. The first-order valence-electron chi connectivity index (χ1n) is 7.91. The van der Waals surface area contributed by atoms with Crippen LogP contribution in [0.5, 0.6) is 5.75 Å². The molecule has 0 N–H and O–H groups in total. The summed E-state index contributed by atoms with van der Waals surface area (Å²) in [6.07, 6.45) is 1.80. The maximum atomic E-state index is 12.8. The Bertz CT molecular complexity index is 683. The number of methoxy groups -OCH3 is 1. The Morgan fingerprint density at radius 1 is 1.09 bits per heavy atom. The first-order valence-corrected chi connectivity index (χ1v) is 7.91. The van der Waals surface area contributed by atoms with Crippen molar-refractivity contribution in [2.45, 2.75) is 38.5 Å². The van der Waals surface area contributed by atoms with Gasteiger partial charge in [-0.15, -0.1) is 0 Å². The van der Waals surface area contributed by atoms with Gasteiger partial charge in [0.1, 0.15) is 5.75 Å². The molecule has 2 heteroatoms. The molecule has 0 amide bonds. The number of Topliss-reactive ketones (excluding diaryl/α,β-unsaturated/α-hetero) is 1. The predicted octanol–water partition coefficient (Wildman–Crippen LogP) is 4.73. The highest BCUT2D eigenvalue weighted by atomic mass is 16.5. The molecule has 0 aromatic heterocycles. The predicted molar refractivity (Wildman–Crippen MR) is 88.9 cm³/mol. The number of carbonyl (C=O) groups excluding carboxylic acids is 1. The van der Waals surface area contributed by atoms with Crippen LogP contribution in [0.15, 0.2) is 42.5 Å². The molecule has 3 rings (SSSR count). The largest absolute Gasteiger partial charge is 0.497 e. The SMILES string of the molecule is COc1ccc2c(c1)CCC(c1ccc(C(C)C)cc1)C2=O. The molecule has 2 aromatic carbocycles. The lowest BCUT2D eigenvalue weighted by Gasteiger charge is -2.24. The minimum absolute atomic E-state index is 0.0119. The van der Waals surface area contributed by atoms with Crippen LogP contribution in [0.4, 0.5) is 0 Å². The number of benzene rings is 2. The average Bonchev–Trinajstić information content (AvgIpc) is 2.55. The van der Waals surface area contributed by atoms with E-state index in [1.54, 1.807) is 7.11 Å². The van der Waals surface area contributed by atoms with Gasteiger partial charge in [-0.3, -0.25) is 4.79 Å². The van der Waals surface area contributed by atoms with Gasteiger partial charge in [-0.05, 0) is 53.6 Å². The molecule has 1 aliphatic rings. The third-order valence-electron chi connectivity index (χ3n) is 4.60. The second-order valence-corrected chi connectivity index (χ2v) is 6.30. The molecule has 0 radical (unpaired) electrons. The second kappa shape index (κ2) is 5.96. The number of aryl methyl sites for hydroxylation is 1. The van der Waals surface area contributed by atoms with E-state index in [4.69, 9.17) is 4.74 Å². The Morgan fingerprint density at radius 2 is 1.82 bits per heavy atom.